The van der Waals surface area contributed by atoms with E-state index in [4.69, 9.17) is 9.47 Å². The van der Waals surface area contributed by atoms with Gasteiger partial charge in [0.25, 0.3) is 0 Å². The first kappa shape index (κ1) is 14.7. The molecule has 7 nitrogen and oxygen atoms in total. The highest BCUT2D eigenvalue weighted by molar-refractivity contribution is 7.18. The second-order valence-corrected chi connectivity index (χ2v) is 6.36. The molecule has 2 aliphatic heterocycles. The van der Waals surface area contributed by atoms with E-state index in [1.807, 2.05) is 6.34 Å². The molecule has 8 heteroatoms. The molecule has 0 radical (unpaired) electrons. The van der Waals surface area contributed by atoms with Gasteiger partial charge in [-0.15, -0.1) is 10.2 Å². The molecule has 2 aliphatic rings. The van der Waals surface area contributed by atoms with Crippen LogP contribution < -0.4 is 4.90 Å². The molecule has 0 aliphatic carbocycles. The zero-order valence-corrected chi connectivity index (χ0v) is 13.3. The summed E-state index contributed by atoms with van der Waals surface area (Å²) in [6.07, 6.45) is 2.29. The molecule has 1 aromatic heterocycles. The van der Waals surface area contributed by atoms with Crippen molar-refractivity contribution < 1.29 is 9.47 Å². The zero-order chi connectivity index (χ0) is 14.7. The van der Waals surface area contributed by atoms with Crippen molar-refractivity contribution in [1.82, 2.24) is 15.1 Å². The molecule has 2 fully saturated rings. The van der Waals surface area contributed by atoms with Crippen LogP contribution in [-0.2, 0) is 9.47 Å². The Balaban J connectivity index is 1.61. The molecule has 21 heavy (non-hydrogen) atoms. The van der Waals surface area contributed by atoms with Crippen LogP contribution >= 0.6 is 11.3 Å². The highest BCUT2D eigenvalue weighted by Crippen LogP contribution is 2.28. The Bertz CT molecular complexity index is 479. The van der Waals surface area contributed by atoms with Crippen molar-refractivity contribution in [1.29, 1.82) is 0 Å². The minimum absolute atomic E-state index is 0.220. The summed E-state index contributed by atoms with van der Waals surface area (Å²) in [6.45, 7) is 9.16. The maximum atomic E-state index is 5.74. The van der Waals surface area contributed by atoms with Gasteiger partial charge in [-0.2, -0.15) is 0 Å². The van der Waals surface area contributed by atoms with Crippen molar-refractivity contribution in [3.63, 3.8) is 0 Å². The Morgan fingerprint density at radius 2 is 1.90 bits per heavy atom. The van der Waals surface area contributed by atoms with Crippen molar-refractivity contribution in [2.45, 2.75) is 26.1 Å². The van der Waals surface area contributed by atoms with Crippen LogP contribution in [0.3, 0.4) is 0 Å². The Morgan fingerprint density at radius 1 is 1.19 bits per heavy atom. The SMILES string of the molecule is CC1CN(c2nnc(/N=C/N3CCOCC3)s2)CC(C)O1. The largest absolute Gasteiger partial charge is 0.378 e. The molecule has 3 heterocycles. The number of aromatic nitrogens is 2. The number of nitrogens with zero attached hydrogens (tertiary/aromatic N) is 5. The van der Waals surface area contributed by atoms with Gasteiger partial charge in [-0.25, -0.2) is 4.99 Å². The first-order valence-electron chi connectivity index (χ1n) is 7.30. The molecule has 0 saturated carbocycles. The summed E-state index contributed by atoms with van der Waals surface area (Å²) >= 11 is 1.52. The molecule has 2 unspecified atom stereocenters. The van der Waals surface area contributed by atoms with Crippen molar-refractivity contribution >= 4 is 27.9 Å². The normalized spacial score (nSPS) is 27.5. The molecule has 3 rings (SSSR count). The second kappa shape index (κ2) is 6.67. The number of rotatable bonds is 3. The third-order valence-electron chi connectivity index (χ3n) is 3.47. The quantitative estimate of drug-likeness (QED) is 0.616. The average Bonchev–Trinajstić information content (AvgIpc) is 2.94. The van der Waals surface area contributed by atoms with E-state index in [-0.39, 0.29) is 12.2 Å². The number of anilines is 1. The first-order valence-corrected chi connectivity index (χ1v) is 8.12. The van der Waals surface area contributed by atoms with E-state index in [0.29, 0.717) is 5.13 Å². The number of morpholine rings is 2. The predicted molar refractivity (Wildman–Crippen MR) is 82.7 cm³/mol. The Kier molecular flexibility index (Phi) is 4.67. The standard InChI is InChI=1S/C13H21N5O2S/c1-10-7-18(8-11(2)20-10)13-16-15-12(21-13)14-9-17-3-5-19-6-4-17/h9-11H,3-8H2,1-2H3/b14-9+. The van der Waals surface area contributed by atoms with Gasteiger partial charge in [0, 0.05) is 26.2 Å². The number of hydrogen-bond acceptors (Lipinski definition) is 7. The lowest BCUT2D eigenvalue weighted by Gasteiger charge is -2.34. The molecule has 2 atom stereocenters. The van der Waals surface area contributed by atoms with E-state index in [1.165, 1.54) is 11.3 Å². The fraction of sp³-hybridized carbons (Fsp3) is 0.769. The van der Waals surface area contributed by atoms with E-state index in [1.54, 1.807) is 0 Å². The third-order valence-corrected chi connectivity index (χ3v) is 4.36. The lowest BCUT2D eigenvalue weighted by Crippen LogP contribution is -2.45. The fourth-order valence-corrected chi connectivity index (χ4v) is 3.25. The van der Waals surface area contributed by atoms with Crippen LogP contribution in [0, 0.1) is 0 Å². The zero-order valence-electron chi connectivity index (χ0n) is 12.4. The van der Waals surface area contributed by atoms with Crippen molar-refractivity contribution in [3.8, 4) is 0 Å². The maximum Gasteiger partial charge on any atom is 0.234 e. The van der Waals surface area contributed by atoms with E-state index >= 15 is 0 Å². The number of aliphatic imine (C=N–C) groups is 1. The summed E-state index contributed by atoms with van der Waals surface area (Å²) in [5, 5.41) is 10.0. The lowest BCUT2D eigenvalue weighted by atomic mass is 10.2. The fourth-order valence-electron chi connectivity index (χ4n) is 2.55. The van der Waals surface area contributed by atoms with Crippen LogP contribution in [0.5, 0.6) is 0 Å². The average molecular weight is 311 g/mol. The summed E-state index contributed by atoms with van der Waals surface area (Å²) in [4.78, 5) is 8.78. The van der Waals surface area contributed by atoms with E-state index < -0.39 is 0 Å². The molecule has 0 amide bonds. The predicted octanol–water partition coefficient (Wildman–Crippen LogP) is 1.14. The van der Waals surface area contributed by atoms with E-state index in [2.05, 4.69) is 38.8 Å². The van der Waals surface area contributed by atoms with Crippen LogP contribution in [0.25, 0.3) is 0 Å². The molecule has 116 valence electrons. The van der Waals surface area contributed by atoms with Gasteiger partial charge in [-0.1, -0.05) is 11.3 Å². The molecule has 1 aromatic rings. The van der Waals surface area contributed by atoms with Gasteiger partial charge in [0.1, 0.15) is 0 Å². The topological polar surface area (TPSA) is 63.1 Å². The summed E-state index contributed by atoms with van der Waals surface area (Å²) in [7, 11) is 0. The van der Waals surface area contributed by atoms with Gasteiger partial charge in [-0.05, 0) is 13.8 Å². The Labute approximate surface area is 128 Å². The molecule has 0 aromatic carbocycles. The monoisotopic (exact) mass is 311 g/mol. The Morgan fingerprint density at radius 3 is 2.62 bits per heavy atom. The van der Waals surface area contributed by atoms with Crippen LogP contribution in [0.4, 0.5) is 10.3 Å². The van der Waals surface area contributed by atoms with Crippen LogP contribution in [0.2, 0.25) is 0 Å². The van der Waals surface area contributed by atoms with Crippen LogP contribution in [0.15, 0.2) is 4.99 Å². The van der Waals surface area contributed by atoms with Gasteiger partial charge in [0.15, 0.2) is 0 Å². The Hall–Kier alpha value is -1.25. The summed E-state index contributed by atoms with van der Waals surface area (Å²) in [5.41, 5.74) is 0. The number of hydrogen-bond donors (Lipinski definition) is 0. The second-order valence-electron chi connectivity index (χ2n) is 5.42. The van der Waals surface area contributed by atoms with Gasteiger partial charge in [0.2, 0.25) is 10.3 Å². The first-order chi connectivity index (χ1) is 10.2. The van der Waals surface area contributed by atoms with Gasteiger partial charge >= 0.3 is 0 Å². The molecule has 0 spiro atoms. The van der Waals surface area contributed by atoms with Crippen molar-refractivity contribution in [2.24, 2.45) is 4.99 Å². The highest BCUT2D eigenvalue weighted by Gasteiger charge is 2.24. The summed E-state index contributed by atoms with van der Waals surface area (Å²) in [5.74, 6) is 0. The molecular formula is C13H21N5O2S. The van der Waals surface area contributed by atoms with Gasteiger partial charge in [-0.3, -0.25) is 0 Å². The van der Waals surface area contributed by atoms with Crippen LogP contribution in [-0.4, -0.2) is 73.0 Å². The highest BCUT2D eigenvalue weighted by atomic mass is 32.1. The van der Waals surface area contributed by atoms with Crippen molar-refractivity contribution in [2.75, 3.05) is 44.3 Å². The van der Waals surface area contributed by atoms with Gasteiger partial charge < -0.3 is 19.3 Å². The minimum Gasteiger partial charge on any atom is -0.378 e. The van der Waals surface area contributed by atoms with E-state index in [0.717, 1.165) is 44.5 Å². The molecule has 0 bridgehead atoms. The summed E-state index contributed by atoms with van der Waals surface area (Å²) in [6, 6.07) is 0. The lowest BCUT2D eigenvalue weighted by molar-refractivity contribution is -0.00525. The maximum absolute atomic E-state index is 5.74. The van der Waals surface area contributed by atoms with Crippen molar-refractivity contribution in [3.05, 3.63) is 0 Å². The van der Waals surface area contributed by atoms with Gasteiger partial charge in [0.05, 0.1) is 31.8 Å². The number of ether oxygens (including phenoxy) is 2. The molecule has 2 saturated heterocycles. The minimum atomic E-state index is 0.220. The molecular weight excluding hydrogens is 290 g/mol. The van der Waals surface area contributed by atoms with Crippen LogP contribution in [0.1, 0.15) is 13.8 Å². The van der Waals surface area contributed by atoms with E-state index in [9.17, 15) is 0 Å². The third kappa shape index (κ3) is 3.90. The summed E-state index contributed by atoms with van der Waals surface area (Å²) < 4.78 is 11.0. The molecule has 0 N–H and O–H groups in total. The smallest absolute Gasteiger partial charge is 0.234 e.